The molecule has 1 saturated carbocycles. The van der Waals surface area contributed by atoms with Gasteiger partial charge in [-0.25, -0.2) is 4.79 Å². The van der Waals surface area contributed by atoms with Crippen molar-refractivity contribution >= 4 is 33.5 Å². The van der Waals surface area contributed by atoms with Crippen molar-refractivity contribution in [3.05, 3.63) is 35.3 Å². The van der Waals surface area contributed by atoms with Crippen molar-refractivity contribution in [3.8, 4) is 0 Å². The van der Waals surface area contributed by atoms with Crippen LogP contribution in [0.1, 0.15) is 49.4 Å². The van der Waals surface area contributed by atoms with Gasteiger partial charge in [0.25, 0.3) is 34.1 Å². The van der Waals surface area contributed by atoms with Crippen LogP contribution >= 0.6 is 21.5 Å². The third-order valence-electron chi connectivity index (χ3n) is 4.68. The third kappa shape index (κ3) is 8.68. The number of nitrogens with zero attached hydrogens (tertiary/aromatic N) is 2. The minimum Gasteiger partial charge on any atom is -0.751 e. The SMILES string of the molecule is C[C@H](OC(=O)OC[n+]1cccc(C(=O)NCCON([O-])I=O)c1)C1CCCCC1. The molecular weight excluding hydrogens is 497 g/mol. The van der Waals surface area contributed by atoms with E-state index < -0.39 is 27.6 Å². The molecule has 0 aromatic carbocycles. The summed E-state index contributed by atoms with van der Waals surface area (Å²) in [6, 6.07) is 3.24. The van der Waals surface area contributed by atoms with E-state index in [1.165, 1.54) is 25.5 Å². The highest BCUT2D eigenvalue weighted by atomic mass is 127. The molecule has 1 aliphatic carbocycles. The van der Waals surface area contributed by atoms with E-state index in [1.807, 2.05) is 6.92 Å². The third-order valence-corrected chi connectivity index (χ3v) is 5.28. The highest BCUT2D eigenvalue weighted by molar-refractivity contribution is 14.1. The number of hydrogen-bond donors (Lipinski definition) is 1. The van der Waals surface area contributed by atoms with Crippen LogP contribution in [-0.4, -0.2) is 34.8 Å². The van der Waals surface area contributed by atoms with Crippen molar-refractivity contribution in [2.45, 2.75) is 51.9 Å². The summed E-state index contributed by atoms with van der Waals surface area (Å²) < 4.78 is 22.4. The second-order valence-electron chi connectivity index (χ2n) is 6.72. The summed E-state index contributed by atoms with van der Waals surface area (Å²) in [5.74, 6) is -0.00475. The quantitative estimate of drug-likeness (QED) is 0.124. The first-order valence-electron chi connectivity index (χ1n) is 9.48. The molecule has 1 atom stereocenters. The molecule has 1 aromatic heterocycles. The first-order chi connectivity index (χ1) is 14.0. The Morgan fingerprint density at radius 2 is 2.14 bits per heavy atom. The van der Waals surface area contributed by atoms with Crippen LogP contribution in [0.3, 0.4) is 0 Å². The summed E-state index contributed by atoms with van der Waals surface area (Å²) in [6.07, 6.45) is 7.97. The normalized spacial score (nSPS) is 15.7. The molecule has 1 fully saturated rings. The minimum atomic E-state index is -1.92. The zero-order chi connectivity index (χ0) is 21.1. The maximum Gasteiger partial charge on any atom is 0.513 e. The van der Waals surface area contributed by atoms with Gasteiger partial charge in [0.1, 0.15) is 11.7 Å². The largest absolute Gasteiger partial charge is 0.751 e. The summed E-state index contributed by atoms with van der Waals surface area (Å²) in [5.41, 5.74) is 0.343. The van der Waals surface area contributed by atoms with E-state index in [-0.39, 0.29) is 35.3 Å². The van der Waals surface area contributed by atoms with Crippen LogP contribution in [0.2, 0.25) is 0 Å². The first-order valence-corrected chi connectivity index (χ1v) is 11.3. The van der Waals surface area contributed by atoms with E-state index in [4.69, 9.17) is 9.47 Å². The zero-order valence-electron chi connectivity index (χ0n) is 16.3. The molecular formula is C18H26IN3O7. The van der Waals surface area contributed by atoms with Crippen LogP contribution in [0.5, 0.6) is 0 Å². The molecule has 0 unspecified atom stereocenters. The number of rotatable bonds is 10. The van der Waals surface area contributed by atoms with Crippen molar-refractivity contribution in [2.24, 2.45) is 5.92 Å². The smallest absolute Gasteiger partial charge is 0.513 e. The molecule has 0 aliphatic heterocycles. The van der Waals surface area contributed by atoms with Gasteiger partial charge in [-0.15, -0.1) is 0 Å². The number of carbonyl (C=O) groups is 2. The summed E-state index contributed by atoms with van der Waals surface area (Å²) in [4.78, 5) is 28.6. The van der Waals surface area contributed by atoms with Crippen LogP contribution < -0.4 is 9.88 Å². The molecule has 1 aliphatic rings. The number of aromatic nitrogens is 1. The standard InChI is InChI=1S/C18H26IN3O7/c1-14(15-6-3-2-4-7-15)29-18(24)27-13-21-10-5-8-16(12-21)17(23)20-9-11-28-22(26)19-25/h5,8,10,12,14-15H,2-4,6-7,9,11,13H2,1H3,(H,20,23)/t14-/m0/s1. The van der Waals surface area contributed by atoms with Gasteiger partial charge in [0.05, 0.1) is 6.61 Å². The van der Waals surface area contributed by atoms with Gasteiger partial charge in [-0.2, -0.15) is 8.01 Å². The van der Waals surface area contributed by atoms with Gasteiger partial charge in [-0.05, 0) is 31.7 Å². The van der Waals surface area contributed by atoms with Crippen molar-refractivity contribution in [1.82, 2.24) is 8.76 Å². The Balaban J connectivity index is 1.74. The van der Waals surface area contributed by atoms with E-state index in [0.29, 0.717) is 11.5 Å². The van der Waals surface area contributed by atoms with E-state index in [2.05, 4.69) is 10.2 Å². The highest BCUT2D eigenvalue weighted by Gasteiger charge is 2.24. The van der Waals surface area contributed by atoms with Gasteiger partial charge in [-0.1, -0.05) is 19.3 Å². The topological polar surface area (TPSA) is 121 Å². The molecule has 1 heterocycles. The number of halogens is 1. The molecule has 1 amide bonds. The number of pyridine rings is 1. The van der Waals surface area contributed by atoms with Crippen LogP contribution in [-0.2, 0) is 24.1 Å². The first kappa shape index (κ1) is 23.6. The second-order valence-corrected chi connectivity index (χ2v) is 7.90. The minimum absolute atomic E-state index is 0.00700. The Morgan fingerprint density at radius 1 is 1.38 bits per heavy atom. The summed E-state index contributed by atoms with van der Waals surface area (Å²) in [7, 11) is 0. The molecule has 162 valence electrons. The molecule has 1 aromatic rings. The van der Waals surface area contributed by atoms with Gasteiger partial charge in [0.2, 0.25) is 0 Å². The highest BCUT2D eigenvalue weighted by Crippen LogP contribution is 2.27. The molecule has 0 saturated heterocycles. The lowest BCUT2D eigenvalue weighted by Gasteiger charge is -2.26. The Kier molecular flexibility index (Phi) is 10.4. The molecule has 29 heavy (non-hydrogen) atoms. The second kappa shape index (κ2) is 12.8. The number of carbonyl (C=O) groups excluding carboxylic acids is 2. The van der Waals surface area contributed by atoms with Gasteiger partial charge in [-0.3, -0.25) is 12.7 Å². The van der Waals surface area contributed by atoms with Crippen LogP contribution in [0.4, 0.5) is 4.79 Å². The van der Waals surface area contributed by atoms with E-state index >= 15 is 0 Å². The Morgan fingerprint density at radius 3 is 2.86 bits per heavy atom. The van der Waals surface area contributed by atoms with E-state index in [1.54, 1.807) is 22.9 Å². The Bertz CT molecular complexity index is 685. The fourth-order valence-electron chi connectivity index (χ4n) is 3.15. The van der Waals surface area contributed by atoms with Gasteiger partial charge >= 0.3 is 6.16 Å². The van der Waals surface area contributed by atoms with E-state index in [9.17, 15) is 17.9 Å². The molecule has 10 nitrogen and oxygen atoms in total. The van der Waals surface area contributed by atoms with E-state index in [0.717, 1.165) is 12.8 Å². The monoisotopic (exact) mass is 523 g/mol. The molecule has 0 bridgehead atoms. The van der Waals surface area contributed by atoms with Gasteiger partial charge < -0.3 is 20.0 Å². The summed E-state index contributed by atoms with van der Waals surface area (Å²) in [5, 5.41) is 13.3. The fourth-order valence-corrected chi connectivity index (χ4v) is 3.46. The Labute approximate surface area is 180 Å². The van der Waals surface area contributed by atoms with Gasteiger partial charge in [0.15, 0.2) is 12.4 Å². The zero-order valence-corrected chi connectivity index (χ0v) is 18.4. The van der Waals surface area contributed by atoms with Gasteiger partial charge in [0, 0.05) is 12.6 Å². The average molecular weight is 523 g/mol. The van der Waals surface area contributed by atoms with Crippen molar-refractivity contribution in [1.29, 1.82) is 0 Å². The van der Waals surface area contributed by atoms with Crippen LogP contribution in [0.15, 0.2) is 24.5 Å². The maximum absolute atomic E-state index is 12.1. The number of amides is 1. The fraction of sp³-hybridized carbons (Fsp3) is 0.611. The lowest BCUT2D eigenvalue weighted by molar-refractivity contribution is -0.727. The van der Waals surface area contributed by atoms with Crippen molar-refractivity contribution in [3.63, 3.8) is 0 Å². The summed E-state index contributed by atoms with van der Waals surface area (Å²) in [6.45, 7) is 1.80. The molecule has 0 radical (unpaired) electrons. The molecule has 0 spiro atoms. The lowest BCUT2D eigenvalue weighted by Crippen LogP contribution is -2.38. The van der Waals surface area contributed by atoms with Crippen molar-refractivity contribution in [2.75, 3.05) is 13.2 Å². The number of ether oxygens (including phenoxy) is 2. The Hall–Kier alpha value is -1.70. The maximum atomic E-state index is 12.1. The average Bonchev–Trinajstić information content (AvgIpc) is 2.75. The molecule has 2 rings (SSSR count). The number of hydrogen-bond acceptors (Lipinski definition) is 7. The predicted octanol–water partition coefficient (Wildman–Crippen LogP) is 2.75. The van der Waals surface area contributed by atoms with Crippen LogP contribution in [0.25, 0.3) is 0 Å². The van der Waals surface area contributed by atoms with Crippen molar-refractivity contribution < 1.29 is 31.5 Å². The predicted molar refractivity (Wildman–Crippen MR) is 108 cm³/mol. The lowest BCUT2D eigenvalue weighted by atomic mass is 9.86. The summed E-state index contributed by atoms with van der Waals surface area (Å²) >= 11 is -1.92. The van der Waals surface area contributed by atoms with Crippen LogP contribution in [0, 0.1) is 11.1 Å². The number of nitrogens with one attached hydrogen (secondary N) is 1. The molecule has 1 N–H and O–H groups in total. The molecule has 11 heteroatoms.